The minimum atomic E-state index is 0.240. The Morgan fingerprint density at radius 2 is 2.36 bits per heavy atom. The topological polar surface area (TPSA) is 61.3 Å². The molecule has 4 nitrogen and oxygen atoms in total. The Labute approximate surface area is 85.6 Å². The van der Waals surface area contributed by atoms with Gasteiger partial charge in [-0.2, -0.15) is 4.98 Å². The van der Waals surface area contributed by atoms with Crippen LogP contribution in [0.4, 0.5) is 5.69 Å². The first-order valence-electron chi connectivity index (χ1n) is 4.19. The number of oxazole rings is 1. The predicted molar refractivity (Wildman–Crippen MR) is 54.6 cm³/mol. The molecule has 1 aromatic heterocycles. The quantitative estimate of drug-likeness (QED) is 0.777. The Bertz CT molecular complexity index is 428. The molecule has 0 unspecified atom stereocenters. The average Bonchev–Trinajstić information content (AvgIpc) is 2.48. The minimum Gasteiger partial charge on any atom is -0.450 e. The van der Waals surface area contributed by atoms with Crippen molar-refractivity contribution in [3.63, 3.8) is 0 Å². The van der Waals surface area contributed by atoms with Crippen LogP contribution < -0.4 is 10.5 Å². The number of halogens is 1. The lowest BCUT2D eigenvalue weighted by atomic mass is 10.3. The standard InChI is InChI=1S/C9H9ClN2O2/c1-2-13-9-12-7-3-5(10)6(11)4-8(7)14-9/h3-4H,2,11H2,1H3. The van der Waals surface area contributed by atoms with Crippen LogP contribution in [0.2, 0.25) is 5.02 Å². The first-order chi connectivity index (χ1) is 6.70. The molecule has 5 heteroatoms. The number of rotatable bonds is 2. The number of nitrogens with zero attached hydrogens (tertiary/aromatic N) is 1. The molecular formula is C9H9ClN2O2. The lowest BCUT2D eigenvalue weighted by Crippen LogP contribution is -1.90. The van der Waals surface area contributed by atoms with Gasteiger partial charge in [-0.1, -0.05) is 11.6 Å². The monoisotopic (exact) mass is 212 g/mol. The number of hydrogen-bond acceptors (Lipinski definition) is 4. The zero-order valence-electron chi connectivity index (χ0n) is 7.58. The Balaban J connectivity index is 2.54. The molecule has 0 saturated carbocycles. The summed E-state index contributed by atoms with van der Waals surface area (Å²) in [4.78, 5) is 4.08. The Morgan fingerprint density at radius 3 is 3.07 bits per heavy atom. The van der Waals surface area contributed by atoms with E-state index in [1.54, 1.807) is 12.1 Å². The molecule has 74 valence electrons. The predicted octanol–water partition coefficient (Wildman–Crippen LogP) is 2.46. The maximum absolute atomic E-state index is 5.83. The fourth-order valence-electron chi connectivity index (χ4n) is 1.13. The van der Waals surface area contributed by atoms with Crippen LogP contribution >= 0.6 is 11.6 Å². The van der Waals surface area contributed by atoms with E-state index in [-0.39, 0.29) is 6.08 Å². The number of benzene rings is 1. The molecule has 0 aliphatic heterocycles. The minimum absolute atomic E-state index is 0.240. The number of hydrogen-bond donors (Lipinski definition) is 1. The van der Waals surface area contributed by atoms with Gasteiger partial charge in [-0.3, -0.25) is 0 Å². The Kier molecular flexibility index (Phi) is 2.21. The van der Waals surface area contributed by atoms with Gasteiger partial charge in [0.2, 0.25) is 0 Å². The fraction of sp³-hybridized carbons (Fsp3) is 0.222. The summed E-state index contributed by atoms with van der Waals surface area (Å²) in [5.41, 5.74) is 7.30. The number of ether oxygens (including phenoxy) is 1. The van der Waals surface area contributed by atoms with E-state index < -0.39 is 0 Å². The van der Waals surface area contributed by atoms with E-state index in [4.69, 9.17) is 26.5 Å². The van der Waals surface area contributed by atoms with Gasteiger partial charge in [-0.05, 0) is 13.0 Å². The van der Waals surface area contributed by atoms with Crippen LogP contribution in [0, 0.1) is 0 Å². The molecule has 0 aliphatic carbocycles. The van der Waals surface area contributed by atoms with Crippen molar-refractivity contribution in [2.24, 2.45) is 0 Å². The summed E-state index contributed by atoms with van der Waals surface area (Å²) < 4.78 is 10.4. The highest BCUT2D eigenvalue weighted by Crippen LogP contribution is 2.28. The zero-order valence-corrected chi connectivity index (χ0v) is 8.34. The van der Waals surface area contributed by atoms with Crippen LogP contribution in [-0.4, -0.2) is 11.6 Å². The fourth-order valence-corrected chi connectivity index (χ4v) is 1.29. The molecular weight excluding hydrogens is 204 g/mol. The van der Waals surface area contributed by atoms with Crippen molar-refractivity contribution >= 4 is 28.4 Å². The smallest absolute Gasteiger partial charge is 0.394 e. The van der Waals surface area contributed by atoms with Gasteiger partial charge in [-0.25, -0.2) is 0 Å². The summed E-state index contributed by atoms with van der Waals surface area (Å²) >= 11 is 5.83. The molecule has 2 rings (SSSR count). The van der Waals surface area contributed by atoms with Gasteiger partial charge in [0, 0.05) is 6.07 Å². The molecule has 2 N–H and O–H groups in total. The third kappa shape index (κ3) is 1.48. The summed E-state index contributed by atoms with van der Waals surface area (Å²) in [6.45, 7) is 2.37. The van der Waals surface area contributed by atoms with Crippen molar-refractivity contribution < 1.29 is 9.15 Å². The second-order valence-corrected chi connectivity index (χ2v) is 3.16. The van der Waals surface area contributed by atoms with E-state index in [0.29, 0.717) is 28.4 Å². The molecule has 0 saturated heterocycles. The molecule has 0 radical (unpaired) electrons. The molecule has 0 amide bonds. The van der Waals surface area contributed by atoms with Gasteiger partial charge in [0.25, 0.3) is 0 Å². The van der Waals surface area contributed by atoms with Crippen LogP contribution in [0.5, 0.6) is 6.08 Å². The molecule has 14 heavy (non-hydrogen) atoms. The van der Waals surface area contributed by atoms with E-state index in [0.717, 1.165) is 0 Å². The van der Waals surface area contributed by atoms with Crippen LogP contribution in [0.25, 0.3) is 11.1 Å². The number of nitrogens with two attached hydrogens (primary N) is 1. The van der Waals surface area contributed by atoms with Gasteiger partial charge in [-0.15, -0.1) is 0 Å². The van der Waals surface area contributed by atoms with Crippen molar-refractivity contribution in [3.05, 3.63) is 17.2 Å². The number of anilines is 1. The first kappa shape index (κ1) is 9.15. The van der Waals surface area contributed by atoms with Gasteiger partial charge in [0.05, 0.1) is 17.3 Å². The van der Waals surface area contributed by atoms with Crippen molar-refractivity contribution in [1.82, 2.24) is 4.98 Å². The van der Waals surface area contributed by atoms with E-state index in [1.165, 1.54) is 0 Å². The van der Waals surface area contributed by atoms with Crippen LogP contribution in [-0.2, 0) is 0 Å². The largest absolute Gasteiger partial charge is 0.450 e. The normalized spacial score (nSPS) is 10.7. The molecule has 0 bridgehead atoms. The van der Waals surface area contributed by atoms with E-state index >= 15 is 0 Å². The summed E-state index contributed by atoms with van der Waals surface area (Å²) in [6, 6.07) is 3.28. The molecule has 2 aromatic rings. The number of nitrogen functional groups attached to an aromatic ring is 1. The highest BCUT2D eigenvalue weighted by Gasteiger charge is 2.08. The molecule has 0 spiro atoms. The Morgan fingerprint density at radius 1 is 1.57 bits per heavy atom. The van der Waals surface area contributed by atoms with Crippen molar-refractivity contribution in [1.29, 1.82) is 0 Å². The van der Waals surface area contributed by atoms with Gasteiger partial charge < -0.3 is 14.9 Å². The second kappa shape index (κ2) is 3.38. The Hall–Kier alpha value is -1.42. The van der Waals surface area contributed by atoms with Gasteiger partial charge >= 0.3 is 6.08 Å². The average molecular weight is 213 g/mol. The van der Waals surface area contributed by atoms with E-state index in [2.05, 4.69) is 4.98 Å². The lowest BCUT2D eigenvalue weighted by Gasteiger charge is -1.94. The summed E-state index contributed by atoms with van der Waals surface area (Å²) in [5.74, 6) is 0. The molecule has 0 atom stereocenters. The van der Waals surface area contributed by atoms with Crippen molar-refractivity contribution in [2.75, 3.05) is 12.3 Å². The van der Waals surface area contributed by atoms with Crippen LogP contribution in [0.15, 0.2) is 16.5 Å². The maximum Gasteiger partial charge on any atom is 0.394 e. The van der Waals surface area contributed by atoms with Gasteiger partial charge in [0.15, 0.2) is 5.58 Å². The zero-order chi connectivity index (χ0) is 10.1. The van der Waals surface area contributed by atoms with Gasteiger partial charge in [0.1, 0.15) is 5.52 Å². The third-order valence-corrected chi connectivity index (χ3v) is 2.08. The maximum atomic E-state index is 5.83. The first-order valence-corrected chi connectivity index (χ1v) is 4.57. The summed E-state index contributed by atoms with van der Waals surface area (Å²) in [5, 5.41) is 0.467. The van der Waals surface area contributed by atoms with E-state index in [1.807, 2.05) is 6.92 Å². The van der Waals surface area contributed by atoms with Crippen molar-refractivity contribution in [2.45, 2.75) is 6.92 Å². The molecule has 1 aromatic carbocycles. The summed E-state index contributed by atoms with van der Waals surface area (Å²) in [7, 11) is 0. The van der Waals surface area contributed by atoms with Crippen LogP contribution in [0.1, 0.15) is 6.92 Å². The highest BCUT2D eigenvalue weighted by molar-refractivity contribution is 6.33. The number of aromatic nitrogens is 1. The third-order valence-electron chi connectivity index (χ3n) is 1.76. The van der Waals surface area contributed by atoms with Crippen LogP contribution in [0.3, 0.4) is 0 Å². The lowest BCUT2D eigenvalue weighted by molar-refractivity contribution is 0.251. The number of fused-ring (bicyclic) bond motifs is 1. The molecule has 1 heterocycles. The SMILES string of the molecule is CCOc1nc2cc(Cl)c(N)cc2o1. The van der Waals surface area contributed by atoms with E-state index in [9.17, 15) is 0 Å². The second-order valence-electron chi connectivity index (χ2n) is 2.75. The van der Waals surface area contributed by atoms with Crippen molar-refractivity contribution in [3.8, 4) is 6.08 Å². The summed E-state index contributed by atoms with van der Waals surface area (Å²) in [6.07, 6.45) is 0.240. The molecule has 0 aliphatic rings. The highest BCUT2D eigenvalue weighted by atomic mass is 35.5. The molecule has 0 fully saturated rings.